The molecule has 1 aliphatic rings. The van der Waals surface area contributed by atoms with Crippen LogP contribution in [0.2, 0.25) is 0 Å². The van der Waals surface area contributed by atoms with E-state index in [-0.39, 0.29) is 12.5 Å². The van der Waals surface area contributed by atoms with Gasteiger partial charge in [-0.05, 0) is 29.8 Å². The van der Waals surface area contributed by atoms with E-state index < -0.39 is 5.97 Å². The first-order valence-electron chi connectivity index (χ1n) is 6.43. The van der Waals surface area contributed by atoms with Crippen molar-refractivity contribution in [3.8, 4) is 11.5 Å². The lowest BCUT2D eigenvalue weighted by Gasteiger charge is -2.10. The monoisotopic (exact) mass is 286 g/mol. The number of hydrogen-bond donors (Lipinski definition) is 1. The molecule has 0 fully saturated rings. The van der Waals surface area contributed by atoms with E-state index in [9.17, 15) is 4.79 Å². The van der Waals surface area contributed by atoms with Crippen molar-refractivity contribution in [3.63, 3.8) is 0 Å². The first kappa shape index (κ1) is 13.2. The van der Waals surface area contributed by atoms with Crippen molar-refractivity contribution in [2.45, 2.75) is 6.54 Å². The predicted octanol–water partition coefficient (Wildman–Crippen LogP) is 2.21. The highest BCUT2D eigenvalue weighted by Crippen LogP contribution is 2.32. The summed E-state index contributed by atoms with van der Waals surface area (Å²) in [5.41, 5.74) is 1.90. The number of esters is 1. The largest absolute Gasteiger partial charge is 0.464 e. The number of pyridine rings is 1. The van der Waals surface area contributed by atoms with Gasteiger partial charge in [-0.2, -0.15) is 0 Å². The highest BCUT2D eigenvalue weighted by atomic mass is 16.7. The molecule has 3 rings (SSSR count). The minimum Gasteiger partial charge on any atom is -0.464 e. The molecule has 1 aromatic carbocycles. The number of carbonyl (C=O) groups excluding carboxylic acids is 1. The van der Waals surface area contributed by atoms with Crippen molar-refractivity contribution in [2.75, 3.05) is 19.2 Å². The summed E-state index contributed by atoms with van der Waals surface area (Å²) in [7, 11) is 1.33. The third kappa shape index (κ3) is 2.74. The molecule has 0 spiro atoms. The summed E-state index contributed by atoms with van der Waals surface area (Å²) in [4.78, 5) is 15.7. The first-order valence-corrected chi connectivity index (χ1v) is 6.43. The van der Waals surface area contributed by atoms with Gasteiger partial charge in [0.25, 0.3) is 0 Å². The lowest BCUT2D eigenvalue weighted by Crippen LogP contribution is -2.10. The second kappa shape index (κ2) is 5.70. The number of benzene rings is 1. The van der Waals surface area contributed by atoms with Crippen molar-refractivity contribution < 1.29 is 19.0 Å². The van der Waals surface area contributed by atoms with Crippen molar-refractivity contribution in [3.05, 3.63) is 47.8 Å². The van der Waals surface area contributed by atoms with Crippen molar-refractivity contribution >= 4 is 11.7 Å². The summed E-state index contributed by atoms with van der Waals surface area (Å²) in [6, 6.07) is 9.25. The van der Waals surface area contributed by atoms with Crippen LogP contribution in [-0.2, 0) is 11.3 Å². The standard InChI is InChI=1S/C15H14N2O4/c1-19-15(18)14-11(3-2-6-16-14)17-8-10-4-5-12-13(7-10)21-9-20-12/h2-7,17H,8-9H2,1H3. The van der Waals surface area contributed by atoms with E-state index >= 15 is 0 Å². The van der Waals surface area contributed by atoms with Crippen LogP contribution >= 0.6 is 0 Å². The van der Waals surface area contributed by atoms with Crippen LogP contribution in [0.25, 0.3) is 0 Å². The number of anilines is 1. The van der Waals surface area contributed by atoms with Gasteiger partial charge in [-0.15, -0.1) is 0 Å². The van der Waals surface area contributed by atoms with Crippen LogP contribution in [0.15, 0.2) is 36.5 Å². The fourth-order valence-electron chi connectivity index (χ4n) is 2.06. The quantitative estimate of drug-likeness (QED) is 0.869. The molecule has 0 aliphatic carbocycles. The lowest BCUT2D eigenvalue weighted by molar-refractivity contribution is 0.0595. The minimum absolute atomic E-state index is 0.251. The van der Waals surface area contributed by atoms with Gasteiger partial charge in [0.15, 0.2) is 17.2 Å². The van der Waals surface area contributed by atoms with Crippen LogP contribution in [0.3, 0.4) is 0 Å². The molecule has 6 heteroatoms. The van der Waals surface area contributed by atoms with Crippen LogP contribution in [0.4, 0.5) is 5.69 Å². The Morgan fingerprint density at radius 2 is 2.19 bits per heavy atom. The minimum atomic E-state index is -0.469. The molecule has 6 nitrogen and oxygen atoms in total. The smallest absolute Gasteiger partial charge is 0.358 e. The predicted molar refractivity (Wildman–Crippen MR) is 75.5 cm³/mol. The molecule has 0 amide bonds. The maximum atomic E-state index is 11.6. The summed E-state index contributed by atoms with van der Waals surface area (Å²) >= 11 is 0. The van der Waals surface area contributed by atoms with Gasteiger partial charge in [-0.25, -0.2) is 9.78 Å². The average molecular weight is 286 g/mol. The van der Waals surface area contributed by atoms with E-state index in [0.717, 1.165) is 17.1 Å². The van der Waals surface area contributed by atoms with Gasteiger partial charge in [0.1, 0.15) is 0 Å². The molecule has 0 saturated heterocycles. The number of hydrogen-bond acceptors (Lipinski definition) is 6. The lowest BCUT2D eigenvalue weighted by atomic mass is 10.2. The summed E-state index contributed by atoms with van der Waals surface area (Å²) in [5.74, 6) is 1.01. The Labute approximate surface area is 121 Å². The second-order valence-electron chi connectivity index (χ2n) is 4.43. The molecule has 2 aromatic rings. The number of aromatic nitrogens is 1. The molecule has 21 heavy (non-hydrogen) atoms. The molecule has 1 aliphatic heterocycles. The number of nitrogens with zero attached hydrogens (tertiary/aromatic N) is 1. The number of rotatable bonds is 4. The van der Waals surface area contributed by atoms with Crippen LogP contribution in [0.1, 0.15) is 16.1 Å². The van der Waals surface area contributed by atoms with E-state index in [2.05, 4.69) is 10.3 Å². The molecule has 0 bridgehead atoms. The zero-order valence-electron chi connectivity index (χ0n) is 11.5. The molecule has 0 radical (unpaired) electrons. The maximum Gasteiger partial charge on any atom is 0.358 e. The molecule has 108 valence electrons. The van der Waals surface area contributed by atoms with Gasteiger partial charge >= 0.3 is 5.97 Å². The van der Waals surface area contributed by atoms with E-state index in [4.69, 9.17) is 14.2 Å². The van der Waals surface area contributed by atoms with Gasteiger partial charge < -0.3 is 19.5 Å². The van der Waals surface area contributed by atoms with E-state index in [0.29, 0.717) is 12.2 Å². The molecular weight excluding hydrogens is 272 g/mol. The highest BCUT2D eigenvalue weighted by molar-refractivity contribution is 5.93. The fraction of sp³-hybridized carbons (Fsp3) is 0.200. The Morgan fingerprint density at radius 3 is 3.05 bits per heavy atom. The third-order valence-electron chi connectivity index (χ3n) is 3.11. The fourth-order valence-corrected chi connectivity index (χ4v) is 2.06. The molecule has 1 N–H and O–H groups in total. The Balaban J connectivity index is 1.75. The number of nitrogens with one attached hydrogen (secondary N) is 1. The highest BCUT2D eigenvalue weighted by Gasteiger charge is 2.15. The number of ether oxygens (including phenoxy) is 3. The zero-order valence-corrected chi connectivity index (χ0v) is 11.5. The summed E-state index contributed by atoms with van der Waals surface area (Å²) in [5, 5.41) is 3.18. The number of fused-ring (bicyclic) bond motifs is 1. The van der Waals surface area contributed by atoms with Crippen molar-refractivity contribution in [2.24, 2.45) is 0 Å². The summed E-state index contributed by atoms with van der Waals surface area (Å²) in [6.45, 7) is 0.785. The number of methoxy groups -OCH3 is 1. The molecule has 2 heterocycles. The van der Waals surface area contributed by atoms with Crippen LogP contribution in [0.5, 0.6) is 11.5 Å². The topological polar surface area (TPSA) is 69.7 Å². The molecule has 0 atom stereocenters. The third-order valence-corrected chi connectivity index (χ3v) is 3.11. The summed E-state index contributed by atoms with van der Waals surface area (Å²) in [6.07, 6.45) is 1.55. The van der Waals surface area contributed by atoms with Crippen LogP contribution in [-0.4, -0.2) is 24.9 Å². The first-order chi connectivity index (χ1) is 10.3. The maximum absolute atomic E-state index is 11.6. The van der Waals surface area contributed by atoms with E-state index in [1.807, 2.05) is 18.2 Å². The van der Waals surface area contributed by atoms with Crippen molar-refractivity contribution in [1.29, 1.82) is 0 Å². The Kier molecular flexibility index (Phi) is 3.59. The zero-order chi connectivity index (χ0) is 14.7. The average Bonchev–Trinajstić information content (AvgIpc) is 3.00. The van der Waals surface area contributed by atoms with Gasteiger partial charge in [0, 0.05) is 12.7 Å². The normalized spacial score (nSPS) is 12.0. The summed E-state index contributed by atoms with van der Waals surface area (Å²) < 4.78 is 15.3. The molecule has 0 unspecified atom stereocenters. The van der Waals surface area contributed by atoms with Gasteiger partial charge in [0.2, 0.25) is 6.79 Å². The second-order valence-corrected chi connectivity index (χ2v) is 4.43. The molecule has 0 saturated carbocycles. The van der Waals surface area contributed by atoms with Crippen LogP contribution in [0, 0.1) is 0 Å². The van der Waals surface area contributed by atoms with Gasteiger partial charge in [-0.3, -0.25) is 0 Å². The Hall–Kier alpha value is -2.76. The molecular formula is C15H14N2O4. The number of carbonyl (C=O) groups is 1. The van der Waals surface area contributed by atoms with Crippen LogP contribution < -0.4 is 14.8 Å². The Bertz CT molecular complexity index is 672. The SMILES string of the molecule is COC(=O)c1ncccc1NCc1ccc2c(c1)OCO2. The van der Waals surface area contributed by atoms with E-state index in [1.54, 1.807) is 18.3 Å². The van der Waals surface area contributed by atoms with Gasteiger partial charge in [-0.1, -0.05) is 6.07 Å². The van der Waals surface area contributed by atoms with Crippen molar-refractivity contribution in [1.82, 2.24) is 4.98 Å². The van der Waals surface area contributed by atoms with E-state index in [1.165, 1.54) is 7.11 Å². The Morgan fingerprint density at radius 1 is 1.33 bits per heavy atom. The molecule has 1 aromatic heterocycles. The van der Waals surface area contributed by atoms with Gasteiger partial charge in [0.05, 0.1) is 12.8 Å².